The molecular formula is C9H12N2O2. The van der Waals surface area contributed by atoms with Crippen LogP contribution in [0, 0.1) is 0 Å². The Labute approximate surface area is 76.6 Å². The summed E-state index contributed by atoms with van der Waals surface area (Å²) in [7, 11) is 0. The third-order valence-corrected chi connectivity index (χ3v) is 1.55. The Morgan fingerprint density at radius 2 is 1.85 bits per heavy atom. The van der Waals surface area contributed by atoms with Gasteiger partial charge < -0.3 is 15.7 Å². The molecule has 70 valence electrons. The van der Waals surface area contributed by atoms with Gasteiger partial charge in [0.25, 0.3) is 0 Å². The number of hydrogen-bond acceptors (Lipinski definition) is 3. The topological polar surface area (TPSA) is 61.4 Å². The summed E-state index contributed by atoms with van der Waals surface area (Å²) in [5.74, 6) is 0. The van der Waals surface area contributed by atoms with Crippen LogP contribution in [-0.4, -0.2) is 24.7 Å². The summed E-state index contributed by atoms with van der Waals surface area (Å²) >= 11 is 0. The second kappa shape index (κ2) is 5.16. The molecule has 0 aliphatic rings. The van der Waals surface area contributed by atoms with E-state index in [1.807, 2.05) is 12.1 Å². The second-order valence-corrected chi connectivity index (χ2v) is 2.49. The van der Waals surface area contributed by atoms with Gasteiger partial charge in [-0.3, -0.25) is 4.79 Å². The van der Waals surface area contributed by atoms with Gasteiger partial charge >= 0.3 is 0 Å². The maximum Gasteiger partial charge on any atom is 0.211 e. The first kappa shape index (κ1) is 9.54. The van der Waals surface area contributed by atoms with Crippen LogP contribution in [0.4, 0.5) is 11.4 Å². The number of hydrogen-bond donors (Lipinski definition) is 3. The molecule has 1 rings (SSSR count). The van der Waals surface area contributed by atoms with Gasteiger partial charge in [0.2, 0.25) is 6.41 Å². The lowest BCUT2D eigenvalue weighted by Gasteiger charge is -2.04. The molecule has 13 heavy (non-hydrogen) atoms. The molecule has 0 saturated carbocycles. The van der Waals surface area contributed by atoms with Crippen LogP contribution in [0.1, 0.15) is 0 Å². The Balaban J connectivity index is 2.53. The lowest BCUT2D eigenvalue weighted by Crippen LogP contribution is -2.05. The van der Waals surface area contributed by atoms with Gasteiger partial charge in [0.1, 0.15) is 0 Å². The predicted molar refractivity (Wildman–Crippen MR) is 51.7 cm³/mol. The van der Waals surface area contributed by atoms with Gasteiger partial charge in [-0.1, -0.05) is 0 Å². The van der Waals surface area contributed by atoms with Crippen molar-refractivity contribution in [3.05, 3.63) is 24.3 Å². The molecule has 0 radical (unpaired) electrons. The highest BCUT2D eigenvalue weighted by Crippen LogP contribution is 2.12. The zero-order valence-electron chi connectivity index (χ0n) is 7.16. The van der Waals surface area contributed by atoms with Crippen molar-refractivity contribution >= 4 is 17.8 Å². The van der Waals surface area contributed by atoms with Crippen molar-refractivity contribution in [3.8, 4) is 0 Å². The fourth-order valence-corrected chi connectivity index (χ4v) is 0.953. The quantitative estimate of drug-likeness (QED) is 0.583. The summed E-state index contributed by atoms with van der Waals surface area (Å²) in [6.07, 6.45) is 0.635. The lowest BCUT2D eigenvalue weighted by atomic mass is 10.3. The van der Waals surface area contributed by atoms with Crippen molar-refractivity contribution in [1.29, 1.82) is 0 Å². The molecule has 3 N–H and O–H groups in total. The summed E-state index contributed by atoms with van der Waals surface area (Å²) in [5.41, 5.74) is 1.68. The molecular weight excluding hydrogens is 168 g/mol. The van der Waals surface area contributed by atoms with Crippen LogP contribution in [0.15, 0.2) is 24.3 Å². The van der Waals surface area contributed by atoms with E-state index in [9.17, 15) is 4.79 Å². The van der Waals surface area contributed by atoms with Crippen molar-refractivity contribution in [1.82, 2.24) is 0 Å². The SMILES string of the molecule is O=CNc1ccc(NCCO)cc1. The minimum atomic E-state index is 0.105. The van der Waals surface area contributed by atoms with E-state index < -0.39 is 0 Å². The number of nitrogens with one attached hydrogen (secondary N) is 2. The van der Waals surface area contributed by atoms with Gasteiger partial charge in [-0.25, -0.2) is 0 Å². The van der Waals surface area contributed by atoms with Crippen molar-refractivity contribution in [2.24, 2.45) is 0 Å². The molecule has 1 aromatic rings. The van der Waals surface area contributed by atoms with E-state index >= 15 is 0 Å². The van der Waals surface area contributed by atoms with E-state index in [1.165, 1.54) is 0 Å². The van der Waals surface area contributed by atoms with Crippen LogP contribution in [0.5, 0.6) is 0 Å². The molecule has 0 aromatic heterocycles. The van der Waals surface area contributed by atoms with Crippen molar-refractivity contribution in [3.63, 3.8) is 0 Å². The highest BCUT2D eigenvalue weighted by atomic mass is 16.3. The first-order chi connectivity index (χ1) is 6.36. The van der Waals surface area contributed by atoms with Crippen LogP contribution >= 0.6 is 0 Å². The summed E-state index contributed by atoms with van der Waals surface area (Å²) in [5, 5.41) is 14.1. The maximum atomic E-state index is 10.1. The first-order valence-electron chi connectivity index (χ1n) is 4.02. The second-order valence-electron chi connectivity index (χ2n) is 2.49. The van der Waals surface area contributed by atoms with Crippen molar-refractivity contribution in [2.45, 2.75) is 0 Å². The average molecular weight is 180 g/mol. The monoisotopic (exact) mass is 180 g/mol. The Hall–Kier alpha value is -1.55. The normalized spacial score (nSPS) is 9.31. The molecule has 0 atom stereocenters. The van der Waals surface area contributed by atoms with E-state index in [2.05, 4.69) is 10.6 Å². The van der Waals surface area contributed by atoms with Crippen molar-refractivity contribution in [2.75, 3.05) is 23.8 Å². The minimum Gasteiger partial charge on any atom is -0.395 e. The number of anilines is 2. The number of rotatable bonds is 5. The zero-order chi connectivity index (χ0) is 9.52. The number of aliphatic hydroxyl groups is 1. The minimum absolute atomic E-state index is 0.105. The van der Waals surface area contributed by atoms with Gasteiger partial charge in [-0.15, -0.1) is 0 Å². The van der Waals surface area contributed by atoms with Crippen LogP contribution in [-0.2, 0) is 4.79 Å². The predicted octanol–water partition coefficient (Wildman–Crippen LogP) is 0.659. The van der Waals surface area contributed by atoms with Gasteiger partial charge in [-0.2, -0.15) is 0 Å². The molecule has 0 aliphatic carbocycles. The molecule has 0 bridgehead atoms. The molecule has 0 fully saturated rings. The van der Waals surface area contributed by atoms with Crippen molar-refractivity contribution < 1.29 is 9.90 Å². The van der Waals surface area contributed by atoms with Crippen LogP contribution in [0.25, 0.3) is 0 Å². The highest BCUT2D eigenvalue weighted by Gasteiger charge is 1.91. The fourth-order valence-electron chi connectivity index (χ4n) is 0.953. The molecule has 0 spiro atoms. The van der Waals surface area contributed by atoms with E-state index in [1.54, 1.807) is 12.1 Å². The molecule has 0 aliphatic heterocycles. The van der Waals surface area contributed by atoms with Gasteiger partial charge in [0.15, 0.2) is 0 Å². The maximum absolute atomic E-state index is 10.1. The van der Waals surface area contributed by atoms with Gasteiger partial charge in [-0.05, 0) is 24.3 Å². The largest absolute Gasteiger partial charge is 0.395 e. The van der Waals surface area contributed by atoms with E-state index in [4.69, 9.17) is 5.11 Å². The third-order valence-electron chi connectivity index (χ3n) is 1.55. The molecule has 1 amide bonds. The molecule has 0 heterocycles. The highest BCUT2D eigenvalue weighted by molar-refractivity contribution is 5.72. The number of aliphatic hydroxyl groups excluding tert-OH is 1. The zero-order valence-corrected chi connectivity index (χ0v) is 7.16. The van der Waals surface area contributed by atoms with Crippen LogP contribution < -0.4 is 10.6 Å². The number of carbonyl (C=O) groups is 1. The van der Waals surface area contributed by atoms with Gasteiger partial charge in [0.05, 0.1) is 6.61 Å². The summed E-state index contributed by atoms with van der Waals surface area (Å²) in [4.78, 5) is 10.1. The van der Waals surface area contributed by atoms with E-state index in [-0.39, 0.29) is 6.61 Å². The third kappa shape index (κ3) is 3.13. The number of carbonyl (C=O) groups excluding carboxylic acids is 1. The molecule has 4 nitrogen and oxygen atoms in total. The molecule has 0 unspecified atom stereocenters. The van der Waals surface area contributed by atoms with Crippen LogP contribution in [0.3, 0.4) is 0 Å². The smallest absolute Gasteiger partial charge is 0.211 e. The summed E-state index contributed by atoms with van der Waals surface area (Å²) in [6, 6.07) is 7.24. The molecule has 0 saturated heterocycles. The van der Waals surface area contributed by atoms with Crippen LogP contribution in [0.2, 0.25) is 0 Å². The Morgan fingerprint density at radius 1 is 1.23 bits per heavy atom. The summed E-state index contributed by atoms with van der Waals surface area (Å²) < 4.78 is 0. The molecule has 4 heteroatoms. The lowest BCUT2D eigenvalue weighted by molar-refractivity contribution is -0.105. The number of amides is 1. The Bertz CT molecular complexity index is 259. The average Bonchev–Trinajstić information content (AvgIpc) is 2.17. The summed E-state index contributed by atoms with van der Waals surface area (Å²) in [6.45, 7) is 0.634. The number of benzene rings is 1. The van der Waals surface area contributed by atoms with E-state index in [0.717, 1.165) is 11.4 Å². The van der Waals surface area contributed by atoms with E-state index in [0.29, 0.717) is 13.0 Å². The Kier molecular flexibility index (Phi) is 3.78. The fraction of sp³-hybridized carbons (Fsp3) is 0.222. The molecule has 1 aromatic carbocycles. The standard InChI is InChI=1S/C9H12N2O2/c12-6-5-10-8-1-3-9(4-2-8)11-7-13/h1-4,7,10,12H,5-6H2,(H,11,13). The van der Waals surface area contributed by atoms with Gasteiger partial charge in [0, 0.05) is 17.9 Å². The Morgan fingerprint density at radius 3 is 2.38 bits per heavy atom. The first-order valence-corrected chi connectivity index (χ1v) is 4.02.